The monoisotopic (exact) mass is 378 g/mol. The minimum absolute atomic E-state index is 0.00339. The van der Waals surface area contributed by atoms with Crippen LogP contribution in [0.3, 0.4) is 0 Å². The van der Waals surface area contributed by atoms with Gasteiger partial charge in [0.1, 0.15) is 17.0 Å². The van der Waals surface area contributed by atoms with Crippen molar-refractivity contribution in [2.75, 3.05) is 12.4 Å². The van der Waals surface area contributed by atoms with E-state index in [1.165, 1.54) is 33.1 Å². The summed E-state index contributed by atoms with van der Waals surface area (Å²) in [6.07, 6.45) is 0. The number of hydrogen-bond donors (Lipinski definition) is 2. The molecule has 26 heavy (non-hydrogen) atoms. The summed E-state index contributed by atoms with van der Waals surface area (Å²) in [5.74, 6) is -0.961. The number of halogens is 2. The zero-order valence-electron chi connectivity index (χ0n) is 14.7. The second kappa shape index (κ2) is 8.19. The number of ether oxygens (including phenoxy) is 1. The zero-order chi connectivity index (χ0) is 19.3. The average Bonchev–Trinajstić information content (AvgIpc) is 2.60. The van der Waals surface area contributed by atoms with Crippen LogP contribution in [0.2, 0.25) is 5.02 Å². The van der Waals surface area contributed by atoms with Crippen LogP contribution in [0.4, 0.5) is 10.1 Å². The molecule has 0 heterocycles. The highest BCUT2D eigenvalue weighted by Crippen LogP contribution is 2.28. The van der Waals surface area contributed by atoms with Crippen molar-refractivity contribution in [2.24, 2.45) is 5.41 Å². The standard InChI is InChI=1S/C19H20ClFN2O3/c1-19(2,17(24)22-11-12-6-4-5-7-15(12)21)18(25)23-13-8-9-16(26-3)14(20)10-13/h4-10H,11H2,1-3H3,(H,22,24)(H,23,25). The molecule has 0 spiro atoms. The summed E-state index contributed by atoms with van der Waals surface area (Å²) in [6.45, 7) is 2.98. The van der Waals surface area contributed by atoms with Crippen molar-refractivity contribution < 1.29 is 18.7 Å². The number of benzene rings is 2. The van der Waals surface area contributed by atoms with E-state index < -0.39 is 23.0 Å². The van der Waals surface area contributed by atoms with Crippen LogP contribution in [-0.2, 0) is 16.1 Å². The molecule has 0 fully saturated rings. The fraction of sp³-hybridized carbons (Fsp3) is 0.263. The fourth-order valence-electron chi connectivity index (χ4n) is 2.17. The summed E-state index contributed by atoms with van der Waals surface area (Å²) in [6, 6.07) is 10.9. The minimum atomic E-state index is -1.36. The predicted molar refractivity (Wildman–Crippen MR) is 98.7 cm³/mol. The van der Waals surface area contributed by atoms with Crippen molar-refractivity contribution >= 4 is 29.1 Å². The predicted octanol–water partition coefficient (Wildman–Crippen LogP) is 3.77. The second-order valence-corrected chi connectivity index (χ2v) is 6.61. The molecule has 7 heteroatoms. The van der Waals surface area contributed by atoms with Crippen LogP contribution in [0.15, 0.2) is 42.5 Å². The van der Waals surface area contributed by atoms with Crippen LogP contribution in [-0.4, -0.2) is 18.9 Å². The van der Waals surface area contributed by atoms with Crippen LogP contribution in [0.5, 0.6) is 5.75 Å². The van der Waals surface area contributed by atoms with Gasteiger partial charge in [-0.1, -0.05) is 29.8 Å². The Morgan fingerprint density at radius 1 is 1.15 bits per heavy atom. The third kappa shape index (κ3) is 4.52. The SMILES string of the molecule is COc1ccc(NC(=O)C(C)(C)C(=O)NCc2ccccc2F)cc1Cl. The van der Waals surface area contributed by atoms with Crippen molar-refractivity contribution in [1.29, 1.82) is 0 Å². The first-order valence-corrected chi connectivity index (χ1v) is 8.30. The van der Waals surface area contributed by atoms with E-state index >= 15 is 0 Å². The van der Waals surface area contributed by atoms with E-state index in [-0.39, 0.29) is 6.54 Å². The van der Waals surface area contributed by atoms with Gasteiger partial charge in [0.05, 0.1) is 12.1 Å². The Balaban J connectivity index is 2.03. The van der Waals surface area contributed by atoms with Crippen LogP contribution in [0.25, 0.3) is 0 Å². The first kappa shape index (κ1) is 19.7. The lowest BCUT2D eigenvalue weighted by molar-refractivity contribution is -0.138. The van der Waals surface area contributed by atoms with Gasteiger partial charge in [0.2, 0.25) is 11.8 Å². The van der Waals surface area contributed by atoms with E-state index in [9.17, 15) is 14.0 Å². The topological polar surface area (TPSA) is 67.4 Å². The zero-order valence-corrected chi connectivity index (χ0v) is 15.5. The van der Waals surface area contributed by atoms with Crippen molar-refractivity contribution in [2.45, 2.75) is 20.4 Å². The molecule has 0 saturated carbocycles. The Bertz CT molecular complexity index is 824. The third-order valence-corrected chi connectivity index (χ3v) is 4.24. The maximum absolute atomic E-state index is 13.6. The van der Waals surface area contributed by atoms with Gasteiger partial charge >= 0.3 is 0 Å². The molecule has 0 aliphatic rings. The van der Waals surface area contributed by atoms with E-state index in [2.05, 4.69) is 10.6 Å². The quantitative estimate of drug-likeness (QED) is 0.752. The molecule has 0 aliphatic heterocycles. The molecule has 0 bridgehead atoms. The highest BCUT2D eigenvalue weighted by Gasteiger charge is 2.36. The van der Waals surface area contributed by atoms with Crippen molar-refractivity contribution in [3.05, 3.63) is 58.9 Å². The summed E-state index contributed by atoms with van der Waals surface area (Å²) in [7, 11) is 1.49. The second-order valence-electron chi connectivity index (χ2n) is 6.20. The number of hydrogen-bond acceptors (Lipinski definition) is 3. The molecule has 138 valence electrons. The van der Waals surface area contributed by atoms with E-state index in [0.717, 1.165) is 0 Å². The lowest BCUT2D eigenvalue weighted by Gasteiger charge is -2.23. The first-order chi connectivity index (χ1) is 12.3. The maximum atomic E-state index is 13.6. The van der Waals surface area contributed by atoms with Crippen molar-refractivity contribution in [3.8, 4) is 5.75 Å². The number of methoxy groups -OCH3 is 1. The van der Waals surface area contributed by atoms with E-state index in [0.29, 0.717) is 22.0 Å². The third-order valence-electron chi connectivity index (χ3n) is 3.94. The van der Waals surface area contributed by atoms with Crippen LogP contribution >= 0.6 is 11.6 Å². The van der Waals surface area contributed by atoms with Crippen molar-refractivity contribution in [1.82, 2.24) is 5.32 Å². The highest BCUT2D eigenvalue weighted by atomic mass is 35.5. The van der Waals surface area contributed by atoms with Crippen LogP contribution < -0.4 is 15.4 Å². The lowest BCUT2D eigenvalue weighted by atomic mass is 9.90. The molecule has 0 unspecified atom stereocenters. The number of carbonyl (C=O) groups is 2. The summed E-state index contributed by atoms with van der Waals surface area (Å²) in [5, 5.41) is 5.58. The van der Waals surface area contributed by atoms with Gasteiger partial charge in [-0.25, -0.2) is 4.39 Å². The van der Waals surface area contributed by atoms with E-state index in [4.69, 9.17) is 16.3 Å². The lowest BCUT2D eigenvalue weighted by Crippen LogP contribution is -2.45. The van der Waals surface area contributed by atoms with Gasteiger partial charge in [-0.3, -0.25) is 9.59 Å². The highest BCUT2D eigenvalue weighted by molar-refractivity contribution is 6.32. The van der Waals surface area contributed by atoms with Gasteiger partial charge in [-0.2, -0.15) is 0 Å². The van der Waals surface area contributed by atoms with E-state index in [1.807, 2.05) is 0 Å². The number of rotatable bonds is 6. The molecule has 0 atom stereocenters. The number of nitrogens with one attached hydrogen (secondary N) is 2. The van der Waals surface area contributed by atoms with Gasteiger partial charge in [-0.05, 0) is 38.1 Å². The van der Waals surface area contributed by atoms with Gasteiger partial charge < -0.3 is 15.4 Å². The Morgan fingerprint density at radius 3 is 2.46 bits per heavy atom. The van der Waals surface area contributed by atoms with Crippen LogP contribution in [0.1, 0.15) is 19.4 Å². The summed E-state index contributed by atoms with van der Waals surface area (Å²) in [5.41, 5.74) is -0.577. The Kier molecular flexibility index (Phi) is 6.21. The Morgan fingerprint density at radius 2 is 1.85 bits per heavy atom. The Labute approximate surface area is 156 Å². The largest absolute Gasteiger partial charge is 0.495 e. The fourth-order valence-corrected chi connectivity index (χ4v) is 2.43. The number of carbonyl (C=O) groups excluding carboxylic acids is 2. The molecule has 2 N–H and O–H groups in total. The van der Waals surface area contributed by atoms with E-state index in [1.54, 1.807) is 30.3 Å². The minimum Gasteiger partial charge on any atom is -0.495 e. The summed E-state index contributed by atoms with van der Waals surface area (Å²) < 4.78 is 18.7. The van der Waals surface area contributed by atoms with Gasteiger partial charge in [0.15, 0.2) is 0 Å². The van der Waals surface area contributed by atoms with Gasteiger partial charge in [0, 0.05) is 17.8 Å². The molecular formula is C19H20ClFN2O3. The molecule has 2 aromatic rings. The molecule has 0 saturated heterocycles. The molecule has 2 rings (SSSR count). The van der Waals surface area contributed by atoms with Crippen molar-refractivity contribution in [3.63, 3.8) is 0 Å². The van der Waals surface area contributed by atoms with Crippen LogP contribution in [0, 0.1) is 11.2 Å². The average molecular weight is 379 g/mol. The summed E-state index contributed by atoms with van der Waals surface area (Å²) >= 11 is 6.03. The normalized spacial score (nSPS) is 11.0. The van der Waals surface area contributed by atoms with Gasteiger partial charge in [0.25, 0.3) is 0 Å². The first-order valence-electron chi connectivity index (χ1n) is 7.92. The number of amides is 2. The summed E-state index contributed by atoms with van der Waals surface area (Å²) in [4.78, 5) is 24.9. The smallest absolute Gasteiger partial charge is 0.239 e. The molecular weight excluding hydrogens is 359 g/mol. The molecule has 2 amide bonds. The van der Waals surface area contributed by atoms with Gasteiger partial charge in [-0.15, -0.1) is 0 Å². The molecule has 2 aromatic carbocycles. The Hall–Kier alpha value is -2.60. The maximum Gasteiger partial charge on any atom is 0.239 e. The molecule has 0 radical (unpaired) electrons. The number of anilines is 1. The molecule has 0 aliphatic carbocycles. The molecule has 5 nitrogen and oxygen atoms in total. The molecule has 0 aromatic heterocycles.